The molecule has 204 valence electrons. The van der Waals surface area contributed by atoms with Gasteiger partial charge in [0.15, 0.2) is 17.4 Å². The number of benzene rings is 2. The van der Waals surface area contributed by atoms with Gasteiger partial charge in [-0.25, -0.2) is 17.6 Å². The molecule has 2 aliphatic carbocycles. The van der Waals surface area contributed by atoms with E-state index in [-0.39, 0.29) is 18.3 Å². The van der Waals surface area contributed by atoms with Gasteiger partial charge < -0.3 is 4.74 Å². The summed E-state index contributed by atoms with van der Waals surface area (Å²) in [6.45, 7) is -1.17. The normalized spacial score (nSPS) is 24.9. The zero-order chi connectivity index (χ0) is 26.6. The average molecular weight is 527 g/mol. The van der Waals surface area contributed by atoms with Crippen LogP contribution in [0.4, 0.5) is 26.3 Å². The summed E-state index contributed by atoms with van der Waals surface area (Å²) >= 11 is 0. The van der Waals surface area contributed by atoms with E-state index in [2.05, 4.69) is 35.9 Å². The van der Waals surface area contributed by atoms with Gasteiger partial charge in [0, 0.05) is 12.3 Å². The van der Waals surface area contributed by atoms with E-state index in [1.165, 1.54) is 11.1 Å². The van der Waals surface area contributed by atoms with Crippen molar-refractivity contribution in [2.45, 2.75) is 102 Å². The van der Waals surface area contributed by atoms with Crippen molar-refractivity contribution in [3.05, 3.63) is 64.7 Å². The van der Waals surface area contributed by atoms with Crippen LogP contribution >= 0.6 is 0 Å². The van der Waals surface area contributed by atoms with Crippen LogP contribution in [0.15, 0.2) is 36.4 Å². The maximum absolute atomic E-state index is 15.3. The number of aryl methyl sites for hydroxylation is 1. The molecule has 4 rings (SSSR count). The van der Waals surface area contributed by atoms with Gasteiger partial charge >= 0.3 is 6.61 Å². The molecule has 0 atom stereocenters. The Morgan fingerprint density at radius 2 is 1.35 bits per heavy atom. The lowest BCUT2D eigenvalue weighted by atomic mass is 9.72. The van der Waals surface area contributed by atoms with E-state index in [4.69, 9.17) is 0 Å². The molecule has 37 heavy (non-hydrogen) atoms. The molecule has 2 fully saturated rings. The Hall–Kier alpha value is -2.18. The second-order valence-electron chi connectivity index (χ2n) is 10.9. The molecule has 0 bridgehead atoms. The molecule has 2 aliphatic rings. The standard InChI is InChI=1S/C30H36F6O/c1-2-3-19-4-8-21(9-5-19)22-12-14-25(15-13-22)30(35,36)18-20-6-10-23(11-7-20)24-16-26(31)28(27(32)17-24)37-29(33)34/h4-5,8-9,16-17,20,22-23,25,29H,2-3,6-7,10-15,18H2,1H3. The first-order chi connectivity index (χ1) is 17.7. The lowest BCUT2D eigenvalue weighted by Gasteiger charge is -2.37. The third-order valence-electron chi connectivity index (χ3n) is 8.42. The van der Waals surface area contributed by atoms with Crippen LogP contribution in [0.3, 0.4) is 0 Å². The number of hydrogen-bond acceptors (Lipinski definition) is 1. The molecule has 0 saturated heterocycles. The molecule has 0 unspecified atom stereocenters. The third kappa shape index (κ3) is 7.02. The molecule has 0 N–H and O–H groups in total. The van der Waals surface area contributed by atoms with Crippen LogP contribution in [0.25, 0.3) is 0 Å². The van der Waals surface area contributed by atoms with Crippen molar-refractivity contribution in [1.82, 2.24) is 0 Å². The first kappa shape index (κ1) is 27.8. The van der Waals surface area contributed by atoms with Crippen molar-refractivity contribution >= 4 is 0 Å². The highest BCUT2D eigenvalue weighted by Gasteiger charge is 2.43. The molecule has 2 aromatic carbocycles. The van der Waals surface area contributed by atoms with Crippen LogP contribution in [-0.2, 0) is 6.42 Å². The van der Waals surface area contributed by atoms with Crippen LogP contribution < -0.4 is 4.74 Å². The summed E-state index contributed by atoms with van der Waals surface area (Å²) in [5, 5.41) is 0. The highest BCUT2D eigenvalue weighted by atomic mass is 19.3. The topological polar surface area (TPSA) is 9.23 Å². The summed E-state index contributed by atoms with van der Waals surface area (Å²) in [6, 6.07) is 10.7. The molecule has 0 aliphatic heterocycles. The number of rotatable bonds is 9. The van der Waals surface area contributed by atoms with Crippen LogP contribution in [0.5, 0.6) is 5.75 Å². The second-order valence-corrected chi connectivity index (χ2v) is 10.9. The number of alkyl halides is 4. The molecule has 0 radical (unpaired) electrons. The van der Waals surface area contributed by atoms with Crippen molar-refractivity contribution in [3.8, 4) is 5.75 Å². The SMILES string of the molecule is CCCc1ccc(C2CCC(C(F)(F)CC3CCC(c4cc(F)c(OC(F)F)c(F)c4)CC3)CC2)cc1. The Morgan fingerprint density at radius 1 is 0.811 bits per heavy atom. The van der Waals surface area contributed by atoms with Gasteiger partial charge in [0.2, 0.25) is 0 Å². The minimum Gasteiger partial charge on any atom is -0.429 e. The fourth-order valence-corrected chi connectivity index (χ4v) is 6.36. The minimum atomic E-state index is -3.32. The predicted octanol–water partition coefficient (Wildman–Crippen LogP) is 9.79. The predicted molar refractivity (Wildman–Crippen MR) is 132 cm³/mol. The van der Waals surface area contributed by atoms with E-state index in [9.17, 15) is 17.6 Å². The Labute approximate surface area is 215 Å². The van der Waals surface area contributed by atoms with Crippen molar-refractivity contribution in [2.24, 2.45) is 11.8 Å². The second kappa shape index (κ2) is 12.1. The lowest BCUT2D eigenvalue weighted by molar-refractivity contribution is -0.0930. The first-order valence-electron chi connectivity index (χ1n) is 13.6. The van der Waals surface area contributed by atoms with E-state index < -0.39 is 35.8 Å². The molecule has 0 amide bonds. The van der Waals surface area contributed by atoms with E-state index in [1.807, 2.05) is 0 Å². The maximum Gasteiger partial charge on any atom is 0.387 e. The molecule has 1 nitrogen and oxygen atoms in total. The average Bonchev–Trinajstić information content (AvgIpc) is 2.87. The molecule has 2 aromatic rings. The summed E-state index contributed by atoms with van der Waals surface area (Å²) in [5.41, 5.74) is 2.93. The molecular formula is C30H36F6O. The quantitative estimate of drug-likeness (QED) is 0.296. The van der Waals surface area contributed by atoms with Crippen LogP contribution in [-0.4, -0.2) is 12.5 Å². The maximum atomic E-state index is 15.3. The highest BCUT2D eigenvalue weighted by Crippen LogP contribution is 2.47. The number of hydrogen-bond donors (Lipinski definition) is 0. The van der Waals surface area contributed by atoms with Gasteiger partial charge in [-0.15, -0.1) is 0 Å². The summed E-state index contributed by atoms with van der Waals surface area (Å²) in [5.74, 6) is -6.73. The first-order valence-corrected chi connectivity index (χ1v) is 13.6. The Balaban J connectivity index is 1.27. The van der Waals surface area contributed by atoms with Gasteiger partial charge in [0.25, 0.3) is 5.92 Å². The van der Waals surface area contributed by atoms with Crippen molar-refractivity contribution < 1.29 is 31.1 Å². The molecule has 0 heterocycles. The molecule has 2 saturated carbocycles. The van der Waals surface area contributed by atoms with Gasteiger partial charge in [-0.05, 0) is 104 Å². The summed E-state index contributed by atoms with van der Waals surface area (Å²) in [7, 11) is 0. The third-order valence-corrected chi connectivity index (χ3v) is 8.42. The summed E-state index contributed by atoms with van der Waals surface area (Å²) in [6.07, 6.45) is 6.80. The van der Waals surface area contributed by atoms with Crippen molar-refractivity contribution in [2.75, 3.05) is 0 Å². The monoisotopic (exact) mass is 526 g/mol. The smallest absolute Gasteiger partial charge is 0.387 e. The highest BCUT2D eigenvalue weighted by molar-refractivity contribution is 5.33. The molecule has 0 spiro atoms. The zero-order valence-corrected chi connectivity index (χ0v) is 21.3. The van der Waals surface area contributed by atoms with Crippen molar-refractivity contribution in [3.63, 3.8) is 0 Å². The number of halogens is 6. The molecule has 7 heteroatoms. The zero-order valence-electron chi connectivity index (χ0n) is 21.3. The Bertz CT molecular complexity index is 982. The Kier molecular flexibility index (Phi) is 9.12. The van der Waals surface area contributed by atoms with Crippen LogP contribution in [0, 0.1) is 23.5 Å². The largest absolute Gasteiger partial charge is 0.429 e. The van der Waals surface area contributed by atoms with Gasteiger partial charge in [-0.1, -0.05) is 37.6 Å². The van der Waals surface area contributed by atoms with Gasteiger partial charge in [-0.2, -0.15) is 8.78 Å². The van der Waals surface area contributed by atoms with Crippen molar-refractivity contribution in [1.29, 1.82) is 0 Å². The van der Waals surface area contributed by atoms with E-state index >= 15 is 8.78 Å². The summed E-state index contributed by atoms with van der Waals surface area (Å²) < 4.78 is 87.4. The van der Waals surface area contributed by atoms with Crippen LogP contribution in [0.1, 0.15) is 99.7 Å². The number of ether oxygens (including phenoxy) is 1. The lowest BCUT2D eigenvalue weighted by Crippen LogP contribution is -2.34. The van der Waals surface area contributed by atoms with E-state index in [0.29, 0.717) is 50.0 Å². The molecule has 0 aromatic heterocycles. The fraction of sp³-hybridized carbons (Fsp3) is 0.600. The minimum absolute atomic E-state index is 0.133. The summed E-state index contributed by atoms with van der Waals surface area (Å²) in [4.78, 5) is 0. The Morgan fingerprint density at radius 3 is 1.89 bits per heavy atom. The van der Waals surface area contributed by atoms with Gasteiger partial charge in [0.1, 0.15) is 0 Å². The van der Waals surface area contributed by atoms with Crippen LogP contribution in [0.2, 0.25) is 0 Å². The van der Waals surface area contributed by atoms with Gasteiger partial charge in [-0.3, -0.25) is 0 Å². The van der Waals surface area contributed by atoms with E-state index in [1.54, 1.807) is 0 Å². The van der Waals surface area contributed by atoms with Gasteiger partial charge in [0.05, 0.1) is 0 Å². The van der Waals surface area contributed by atoms with E-state index in [0.717, 1.165) is 37.8 Å². The fourth-order valence-electron chi connectivity index (χ4n) is 6.36. The molecular weight excluding hydrogens is 490 g/mol.